The van der Waals surface area contributed by atoms with Crippen molar-refractivity contribution in [1.82, 2.24) is 15.5 Å². The van der Waals surface area contributed by atoms with Crippen LogP contribution in [0, 0.1) is 0 Å². The molecule has 2 heterocycles. The average Bonchev–Trinajstić information content (AvgIpc) is 3.25. The Morgan fingerprint density at radius 2 is 1.68 bits per heavy atom. The largest absolute Gasteiger partial charge is 0.341 e. The van der Waals surface area contributed by atoms with Gasteiger partial charge in [-0.3, -0.25) is 19.2 Å². The first kappa shape index (κ1) is 26.3. The number of nitrogens with zero attached hydrogens (tertiary/aromatic N) is 2. The summed E-state index contributed by atoms with van der Waals surface area (Å²) in [5.41, 5.74) is 1.82. The Hall–Kier alpha value is -3.74. The van der Waals surface area contributed by atoms with Crippen LogP contribution in [0.2, 0.25) is 0 Å². The van der Waals surface area contributed by atoms with E-state index in [0.717, 1.165) is 17.0 Å². The second-order valence-electron chi connectivity index (χ2n) is 8.52. The molecule has 1 aliphatic heterocycles. The number of anilines is 2. The van der Waals surface area contributed by atoms with Gasteiger partial charge in [-0.2, -0.15) is 0 Å². The first-order valence-corrected chi connectivity index (χ1v) is 13.7. The minimum absolute atomic E-state index is 0.0377. The average molecular weight is 542 g/mol. The van der Waals surface area contributed by atoms with Crippen molar-refractivity contribution in [2.45, 2.75) is 17.9 Å². The molecule has 4 amide bonds. The molecule has 0 spiro atoms. The molecule has 0 atom stereocenters. The maximum atomic E-state index is 13.1. The zero-order valence-corrected chi connectivity index (χ0v) is 22.2. The molecule has 3 aromatic rings. The van der Waals surface area contributed by atoms with Crippen LogP contribution in [0.3, 0.4) is 0 Å². The summed E-state index contributed by atoms with van der Waals surface area (Å²) in [6.07, 6.45) is 0.607. The van der Waals surface area contributed by atoms with Crippen LogP contribution in [0.4, 0.5) is 15.5 Å². The highest BCUT2D eigenvalue weighted by molar-refractivity contribution is 7.92. The van der Waals surface area contributed by atoms with Crippen LogP contribution in [0.15, 0.2) is 59.5 Å². The van der Waals surface area contributed by atoms with Gasteiger partial charge in [0.05, 0.1) is 16.1 Å². The summed E-state index contributed by atoms with van der Waals surface area (Å²) in [4.78, 5) is 40.8. The van der Waals surface area contributed by atoms with Gasteiger partial charge in [-0.1, -0.05) is 18.2 Å². The molecular formula is C25H27N5O5S2. The fraction of sp³-hybridized carbons (Fsp3) is 0.240. The summed E-state index contributed by atoms with van der Waals surface area (Å²) in [6.45, 7) is 1.36. The van der Waals surface area contributed by atoms with E-state index in [4.69, 9.17) is 0 Å². The number of hydrogen-bond acceptors (Lipinski definition) is 7. The van der Waals surface area contributed by atoms with Crippen LogP contribution in [0.25, 0.3) is 0 Å². The molecule has 10 nitrogen and oxygen atoms in total. The van der Waals surface area contributed by atoms with E-state index in [1.165, 1.54) is 54.0 Å². The van der Waals surface area contributed by atoms with Crippen LogP contribution in [0.5, 0.6) is 0 Å². The number of fused-ring (bicyclic) bond motifs is 1. The van der Waals surface area contributed by atoms with Crippen molar-refractivity contribution in [3.8, 4) is 0 Å². The molecule has 2 aromatic carbocycles. The number of hydrogen-bond donors (Lipinski definition) is 3. The molecule has 4 rings (SSSR count). The van der Waals surface area contributed by atoms with Crippen molar-refractivity contribution < 1.29 is 22.8 Å². The SMILES string of the molecule is CNC(=O)NC(=O)c1c(NC(=O)c2ccc(S(=O)(=O)N(C)c3ccccc3)cc2)sc2c1CCN(C)C2. The van der Waals surface area contributed by atoms with Crippen LogP contribution in [-0.2, 0) is 23.0 Å². The summed E-state index contributed by atoms with van der Waals surface area (Å²) < 4.78 is 27.2. The minimum atomic E-state index is -3.82. The number of rotatable bonds is 6. The number of thiophene rings is 1. The Morgan fingerprint density at radius 1 is 1.00 bits per heavy atom. The van der Waals surface area contributed by atoms with Gasteiger partial charge in [0.1, 0.15) is 5.00 Å². The molecule has 1 aromatic heterocycles. The zero-order chi connectivity index (χ0) is 26.7. The van der Waals surface area contributed by atoms with Gasteiger partial charge in [-0.05, 0) is 55.4 Å². The van der Waals surface area contributed by atoms with E-state index in [2.05, 4.69) is 20.9 Å². The standard InChI is InChI=1S/C25H27N5O5S2/c1-26-25(33)28-23(32)21-19-13-14-29(2)15-20(19)36-24(21)27-22(31)16-9-11-18(12-10-16)37(34,35)30(3)17-7-5-4-6-8-17/h4-12H,13-15H2,1-3H3,(H,27,31)(H2,26,28,32,33). The van der Waals surface area contributed by atoms with E-state index in [1.807, 2.05) is 7.05 Å². The monoisotopic (exact) mass is 541 g/mol. The molecule has 0 saturated heterocycles. The molecule has 0 saturated carbocycles. The van der Waals surface area contributed by atoms with E-state index in [0.29, 0.717) is 23.7 Å². The van der Waals surface area contributed by atoms with E-state index in [1.54, 1.807) is 30.3 Å². The first-order chi connectivity index (χ1) is 17.6. The normalized spacial score (nSPS) is 13.4. The van der Waals surface area contributed by atoms with E-state index < -0.39 is 27.9 Å². The molecular weight excluding hydrogens is 514 g/mol. The number of imide groups is 1. The number of sulfonamides is 1. The van der Waals surface area contributed by atoms with Gasteiger partial charge in [0, 0.05) is 37.6 Å². The third-order valence-corrected chi connectivity index (χ3v) is 8.98. The van der Waals surface area contributed by atoms with Gasteiger partial charge < -0.3 is 15.5 Å². The highest BCUT2D eigenvalue weighted by Crippen LogP contribution is 2.37. The van der Waals surface area contributed by atoms with Crippen molar-refractivity contribution in [2.24, 2.45) is 0 Å². The molecule has 3 N–H and O–H groups in total. The third kappa shape index (κ3) is 5.50. The minimum Gasteiger partial charge on any atom is -0.341 e. The van der Waals surface area contributed by atoms with Crippen LogP contribution < -0.4 is 20.3 Å². The topological polar surface area (TPSA) is 128 Å². The van der Waals surface area contributed by atoms with Gasteiger partial charge in [-0.25, -0.2) is 13.2 Å². The van der Waals surface area contributed by atoms with Gasteiger partial charge in [0.2, 0.25) is 0 Å². The Bertz CT molecular complexity index is 1440. The molecule has 0 unspecified atom stereocenters. The van der Waals surface area contributed by atoms with Crippen LogP contribution in [-0.4, -0.2) is 58.9 Å². The van der Waals surface area contributed by atoms with Gasteiger partial charge >= 0.3 is 6.03 Å². The number of likely N-dealkylation sites (N-methyl/N-ethyl adjacent to an activating group) is 1. The molecule has 0 radical (unpaired) electrons. The number of nitrogens with one attached hydrogen (secondary N) is 3. The van der Waals surface area contributed by atoms with Crippen molar-refractivity contribution in [3.63, 3.8) is 0 Å². The second kappa shape index (κ2) is 10.7. The summed E-state index contributed by atoms with van der Waals surface area (Å²) in [5, 5.41) is 7.75. The van der Waals surface area contributed by atoms with Crippen molar-refractivity contribution in [1.29, 1.82) is 0 Å². The highest BCUT2D eigenvalue weighted by Gasteiger charge is 2.29. The third-order valence-electron chi connectivity index (χ3n) is 6.05. The predicted molar refractivity (Wildman–Crippen MR) is 143 cm³/mol. The molecule has 37 heavy (non-hydrogen) atoms. The fourth-order valence-corrected chi connectivity index (χ4v) is 6.49. The van der Waals surface area contributed by atoms with Gasteiger partial charge in [0.15, 0.2) is 0 Å². The predicted octanol–water partition coefficient (Wildman–Crippen LogP) is 2.88. The molecule has 0 aliphatic carbocycles. The first-order valence-electron chi connectivity index (χ1n) is 11.4. The lowest BCUT2D eigenvalue weighted by Gasteiger charge is -2.22. The number of urea groups is 1. The van der Waals surface area contributed by atoms with Crippen molar-refractivity contribution >= 4 is 49.9 Å². The molecule has 194 valence electrons. The quantitative estimate of drug-likeness (QED) is 0.440. The number of carbonyl (C=O) groups is 3. The van der Waals surface area contributed by atoms with Gasteiger partial charge in [0.25, 0.3) is 21.8 Å². The van der Waals surface area contributed by atoms with Gasteiger partial charge in [-0.15, -0.1) is 11.3 Å². The molecule has 0 bridgehead atoms. The van der Waals surface area contributed by atoms with Crippen LogP contribution >= 0.6 is 11.3 Å². The van der Waals surface area contributed by atoms with Crippen LogP contribution in [0.1, 0.15) is 31.2 Å². The second-order valence-corrected chi connectivity index (χ2v) is 11.6. The number of carbonyl (C=O) groups excluding carboxylic acids is 3. The molecule has 12 heteroatoms. The fourth-order valence-electron chi connectivity index (χ4n) is 3.98. The summed E-state index contributed by atoms with van der Waals surface area (Å²) in [5.74, 6) is -1.09. The maximum Gasteiger partial charge on any atom is 0.321 e. The Labute approximate surface area is 219 Å². The Morgan fingerprint density at radius 3 is 2.32 bits per heavy atom. The summed E-state index contributed by atoms with van der Waals surface area (Å²) in [7, 11) is 1.02. The Kier molecular flexibility index (Phi) is 7.62. The Balaban J connectivity index is 1.58. The molecule has 1 aliphatic rings. The lowest BCUT2D eigenvalue weighted by molar-refractivity contribution is 0.0964. The lowest BCUT2D eigenvalue weighted by Crippen LogP contribution is -2.38. The zero-order valence-electron chi connectivity index (χ0n) is 20.6. The lowest BCUT2D eigenvalue weighted by atomic mass is 10.0. The number of amides is 4. The van der Waals surface area contributed by atoms with E-state index in [-0.39, 0.29) is 16.0 Å². The van der Waals surface area contributed by atoms with Crippen molar-refractivity contribution in [3.05, 3.63) is 76.2 Å². The molecule has 0 fully saturated rings. The highest BCUT2D eigenvalue weighted by atomic mass is 32.2. The summed E-state index contributed by atoms with van der Waals surface area (Å²) >= 11 is 1.29. The number of para-hydroxylation sites is 1. The van der Waals surface area contributed by atoms with E-state index in [9.17, 15) is 22.8 Å². The van der Waals surface area contributed by atoms with E-state index >= 15 is 0 Å². The maximum absolute atomic E-state index is 13.1. The van der Waals surface area contributed by atoms with Crippen molar-refractivity contribution in [2.75, 3.05) is 37.3 Å². The number of benzene rings is 2. The summed E-state index contributed by atoms with van der Waals surface area (Å²) in [6, 6.07) is 13.6. The smallest absolute Gasteiger partial charge is 0.321 e.